The quantitative estimate of drug-likeness (QED) is 0.220. The lowest BCUT2D eigenvalue weighted by atomic mass is 10.00. The fraction of sp³-hybridized carbons (Fsp3) is 0.231. The Labute approximate surface area is 226 Å². The zero-order valence-electron chi connectivity index (χ0n) is 19.4. The van der Waals surface area contributed by atoms with Crippen LogP contribution in [0.4, 0.5) is 5.69 Å². The number of nitrogens with one attached hydrogen (secondary N) is 1. The average Bonchev–Trinajstić information content (AvgIpc) is 2.88. The van der Waals surface area contributed by atoms with Crippen molar-refractivity contribution in [2.24, 2.45) is 0 Å². The van der Waals surface area contributed by atoms with Crippen LogP contribution in [0.15, 0.2) is 88.7 Å². The van der Waals surface area contributed by atoms with Gasteiger partial charge in [-0.2, -0.15) is 0 Å². The molecular weight excluding hydrogens is 521 g/mol. The number of hydrogen-bond acceptors (Lipinski definition) is 7. The van der Waals surface area contributed by atoms with Crippen LogP contribution < -0.4 is 5.32 Å². The van der Waals surface area contributed by atoms with Crippen LogP contribution in [-0.2, 0) is 0 Å². The molecule has 3 aromatic rings. The summed E-state index contributed by atoms with van der Waals surface area (Å²) in [6.45, 7) is 2.34. The highest BCUT2D eigenvalue weighted by atomic mass is 35.5. The van der Waals surface area contributed by atoms with Gasteiger partial charge >= 0.3 is 0 Å². The van der Waals surface area contributed by atoms with Gasteiger partial charge in [-0.25, -0.2) is 0 Å². The molecule has 1 aliphatic heterocycles. The summed E-state index contributed by atoms with van der Waals surface area (Å²) in [6.07, 6.45) is 0.181. The normalized spacial score (nSPS) is 15.3. The molecule has 1 heterocycles. The molecule has 0 bridgehead atoms. The van der Waals surface area contributed by atoms with Crippen LogP contribution in [0.1, 0.15) is 27.1 Å². The minimum absolute atomic E-state index is 0. The molecule has 1 N–H and O–H groups in total. The number of ketones is 2. The maximum atomic E-state index is 13.0. The molecule has 1 atom stereocenters. The van der Waals surface area contributed by atoms with Gasteiger partial charge in [0, 0.05) is 54.7 Å². The highest BCUT2D eigenvalue weighted by Gasteiger charge is 2.29. The van der Waals surface area contributed by atoms with E-state index in [1.54, 1.807) is 24.3 Å². The van der Waals surface area contributed by atoms with Gasteiger partial charge in [0.05, 0.1) is 15.9 Å². The van der Waals surface area contributed by atoms with Crippen molar-refractivity contribution >= 4 is 53.8 Å². The second-order valence-electron chi connectivity index (χ2n) is 8.01. The van der Waals surface area contributed by atoms with Gasteiger partial charge in [-0.3, -0.25) is 24.6 Å². The summed E-state index contributed by atoms with van der Waals surface area (Å²) in [5.74, 6) is -0.151. The Balaban J connectivity index is 0.00000228. The fourth-order valence-corrected chi connectivity index (χ4v) is 4.91. The first-order valence-electron chi connectivity index (χ1n) is 11.1. The first kappa shape index (κ1) is 29.5. The number of carbonyl (C=O) groups excluding carboxylic acids is 2. The van der Waals surface area contributed by atoms with Crippen LogP contribution in [0.2, 0.25) is 0 Å². The van der Waals surface area contributed by atoms with Crippen LogP contribution in [0.25, 0.3) is 0 Å². The summed E-state index contributed by atoms with van der Waals surface area (Å²) in [7, 11) is 0. The molecule has 3 aromatic carbocycles. The number of nitrogens with zero attached hydrogens (tertiary/aromatic N) is 2. The molecule has 0 aromatic heterocycles. The van der Waals surface area contributed by atoms with Gasteiger partial charge < -0.3 is 5.32 Å². The monoisotopic (exact) mass is 547 g/mol. The van der Waals surface area contributed by atoms with Crippen molar-refractivity contribution < 1.29 is 14.5 Å². The molecule has 190 valence electrons. The second kappa shape index (κ2) is 14.1. The lowest BCUT2D eigenvalue weighted by molar-refractivity contribution is -0.387. The lowest BCUT2D eigenvalue weighted by Crippen LogP contribution is -2.55. The molecule has 0 amide bonds. The smallest absolute Gasteiger partial charge is 0.283 e. The number of halogens is 2. The lowest BCUT2D eigenvalue weighted by Gasteiger charge is -2.35. The fourth-order valence-electron chi connectivity index (χ4n) is 3.99. The van der Waals surface area contributed by atoms with E-state index in [0.717, 1.165) is 11.4 Å². The van der Waals surface area contributed by atoms with Crippen molar-refractivity contribution in [1.29, 1.82) is 0 Å². The molecule has 1 fully saturated rings. The Bertz CT molecular complexity index is 1180. The van der Waals surface area contributed by atoms with Gasteiger partial charge in [-0.15, -0.1) is 24.8 Å². The molecule has 0 saturated carbocycles. The number of carbonyl (C=O) groups is 2. The molecule has 10 heteroatoms. The van der Waals surface area contributed by atoms with Crippen molar-refractivity contribution in [3.05, 3.63) is 100 Å². The number of benzene rings is 3. The highest BCUT2D eigenvalue weighted by molar-refractivity contribution is 7.99. The third-order valence-electron chi connectivity index (χ3n) is 5.79. The molecule has 0 spiro atoms. The summed E-state index contributed by atoms with van der Waals surface area (Å²) in [5.41, 5.74) is 0.874. The van der Waals surface area contributed by atoms with Gasteiger partial charge in [-0.1, -0.05) is 60.3 Å². The number of nitro benzene ring substituents is 1. The van der Waals surface area contributed by atoms with Crippen LogP contribution in [0.3, 0.4) is 0 Å². The summed E-state index contributed by atoms with van der Waals surface area (Å²) < 4.78 is 0. The van der Waals surface area contributed by atoms with Crippen LogP contribution in [0, 0.1) is 10.1 Å². The van der Waals surface area contributed by atoms with Crippen molar-refractivity contribution in [3.63, 3.8) is 0 Å². The predicted molar refractivity (Wildman–Crippen MR) is 146 cm³/mol. The largest absolute Gasteiger partial charge is 0.313 e. The number of piperazine rings is 1. The number of nitro groups is 1. The highest BCUT2D eigenvalue weighted by Crippen LogP contribution is 2.35. The third kappa shape index (κ3) is 7.38. The van der Waals surface area contributed by atoms with Crippen molar-refractivity contribution in [1.82, 2.24) is 10.2 Å². The molecule has 0 radical (unpaired) electrons. The standard InChI is InChI=1S/C26H25N3O4S.2ClH/c30-24(13-15-28-16-14-27-18-23(28)26(31)19-7-3-1-4-8-19)20-11-12-25(22(17-20)29(32)33)34-21-9-5-2-6-10-21;;/h1-12,17,23,27H,13-16,18H2;2*1H. The number of hydrogen-bond donors (Lipinski definition) is 1. The van der Waals surface area contributed by atoms with Crippen molar-refractivity contribution in [2.75, 3.05) is 26.2 Å². The first-order valence-corrected chi connectivity index (χ1v) is 11.9. The molecular formula is C26H27Cl2N3O4S. The van der Waals surface area contributed by atoms with Crippen molar-refractivity contribution in [2.45, 2.75) is 22.3 Å². The summed E-state index contributed by atoms with van der Waals surface area (Å²) in [6, 6.07) is 22.8. The maximum Gasteiger partial charge on any atom is 0.283 e. The summed E-state index contributed by atoms with van der Waals surface area (Å²) in [4.78, 5) is 40.5. The van der Waals surface area contributed by atoms with Gasteiger partial charge in [-0.05, 0) is 24.3 Å². The van der Waals surface area contributed by atoms with E-state index >= 15 is 0 Å². The van der Waals surface area contributed by atoms with Gasteiger partial charge in [0.1, 0.15) is 0 Å². The van der Waals surface area contributed by atoms with E-state index in [1.165, 1.54) is 17.8 Å². The van der Waals surface area contributed by atoms with E-state index in [2.05, 4.69) is 5.32 Å². The minimum atomic E-state index is -0.451. The zero-order chi connectivity index (χ0) is 23.9. The minimum Gasteiger partial charge on any atom is -0.313 e. The molecule has 1 saturated heterocycles. The molecule has 1 aliphatic rings. The molecule has 1 unspecified atom stereocenters. The maximum absolute atomic E-state index is 13.0. The van der Waals surface area contributed by atoms with Crippen LogP contribution in [-0.4, -0.2) is 53.6 Å². The Hall–Kier alpha value is -2.75. The van der Waals surface area contributed by atoms with E-state index in [-0.39, 0.29) is 54.5 Å². The molecule has 36 heavy (non-hydrogen) atoms. The van der Waals surface area contributed by atoms with E-state index in [9.17, 15) is 19.7 Å². The average molecular weight is 548 g/mol. The Morgan fingerprint density at radius 1 is 0.972 bits per heavy atom. The Kier molecular flexibility index (Phi) is 11.6. The Morgan fingerprint density at radius 2 is 1.64 bits per heavy atom. The Morgan fingerprint density at radius 3 is 2.31 bits per heavy atom. The summed E-state index contributed by atoms with van der Waals surface area (Å²) >= 11 is 1.29. The number of Topliss-reactive ketones (excluding diaryl/α,β-unsaturated/α-hetero) is 2. The van der Waals surface area contributed by atoms with Crippen LogP contribution in [0.5, 0.6) is 0 Å². The second-order valence-corrected chi connectivity index (χ2v) is 9.13. The SMILES string of the molecule is Cl.Cl.O=C(CCN1CCNCC1C(=O)c1ccccc1)c1ccc(Sc2ccccc2)c([N+](=O)[O-])c1. The first-order chi connectivity index (χ1) is 16.5. The van der Waals surface area contributed by atoms with Crippen LogP contribution >= 0.6 is 36.6 Å². The van der Waals surface area contributed by atoms with E-state index in [0.29, 0.717) is 35.7 Å². The van der Waals surface area contributed by atoms with E-state index in [4.69, 9.17) is 0 Å². The summed E-state index contributed by atoms with van der Waals surface area (Å²) in [5, 5.41) is 14.9. The van der Waals surface area contributed by atoms with E-state index in [1.807, 2.05) is 53.4 Å². The molecule has 7 nitrogen and oxygen atoms in total. The number of rotatable bonds is 9. The van der Waals surface area contributed by atoms with E-state index < -0.39 is 4.92 Å². The topological polar surface area (TPSA) is 92.6 Å². The zero-order valence-corrected chi connectivity index (χ0v) is 21.8. The third-order valence-corrected chi connectivity index (χ3v) is 6.86. The predicted octanol–water partition coefficient (Wildman–Crippen LogP) is 5.32. The molecule has 4 rings (SSSR count). The van der Waals surface area contributed by atoms with Gasteiger partial charge in [0.15, 0.2) is 11.6 Å². The molecule has 0 aliphatic carbocycles. The van der Waals surface area contributed by atoms with Crippen molar-refractivity contribution in [3.8, 4) is 0 Å². The van der Waals surface area contributed by atoms with Gasteiger partial charge in [0.25, 0.3) is 5.69 Å². The van der Waals surface area contributed by atoms with Gasteiger partial charge in [0.2, 0.25) is 0 Å².